The molecule has 0 spiro atoms. The molecule has 0 aliphatic carbocycles. The van der Waals surface area contributed by atoms with E-state index in [1.807, 2.05) is 38.3 Å². The van der Waals surface area contributed by atoms with Gasteiger partial charge in [-0.25, -0.2) is 4.98 Å². The number of H-pyrrole nitrogens is 1. The van der Waals surface area contributed by atoms with E-state index in [9.17, 15) is 4.79 Å². The predicted molar refractivity (Wildman–Crippen MR) is 134 cm³/mol. The van der Waals surface area contributed by atoms with Crippen molar-refractivity contribution in [1.29, 1.82) is 0 Å². The number of nitrogens with one attached hydrogen (secondary N) is 1. The number of hydrogen-bond acceptors (Lipinski definition) is 6. The van der Waals surface area contributed by atoms with E-state index in [0.717, 1.165) is 41.5 Å². The highest BCUT2D eigenvalue weighted by Gasteiger charge is 2.19. The Kier molecular flexibility index (Phi) is 7.95. The fourth-order valence-electron chi connectivity index (χ4n) is 3.76. The van der Waals surface area contributed by atoms with Gasteiger partial charge in [0.05, 0.1) is 17.9 Å². The Morgan fingerprint density at radius 1 is 1.28 bits per heavy atom. The zero-order valence-electron chi connectivity index (χ0n) is 19.7. The van der Waals surface area contributed by atoms with Gasteiger partial charge in [-0.15, -0.1) is 0 Å². The van der Waals surface area contributed by atoms with E-state index < -0.39 is 0 Å². The molecular weight excluding hydrogens is 424 g/mol. The fraction of sp³-hybridized carbons (Fsp3) is 0.478. The third-order valence-electron chi connectivity index (χ3n) is 5.10. The molecule has 0 fully saturated rings. The summed E-state index contributed by atoms with van der Waals surface area (Å²) < 4.78 is 7.50. The number of aliphatic imine (C=N–C) groups is 1. The minimum Gasteiger partial charge on any atom is -0.493 e. The van der Waals surface area contributed by atoms with E-state index in [1.54, 1.807) is 23.5 Å². The summed E-state index contributed by atoms with van der Waals surface area (Å²) in [6, 6.07) is 5.96. The molecule has 0 aliphatic heterocycles. The summed E-state index contributed by atoms with van der Waals surface area (Å²) in [6.07, 6.45) is 3.71. The van der Waals surface area contributed by atoms with E-state index in [4.69, 9.17) is 9.72 Å². The molecule has 172 valence electrons. The molecule has 9 heteroatoms. The third kappa shape index (κ3) is 4.67. The van der Waals surface area contributed by atoms with Crippen LogP contribution in [0.4, 0.5) is 5.69 Å². The van der Waals surface area contributed by atoms with Crippen LogP contribution < -0.4 is 15.2 Å². The molecule has 0 unspecified atom stereocenters. The fourth-order valence-corrected chi connectivity index (χ4v) is 4.47. The lowest BCUT2D eigenvalue weighted by molar-refractivity contribution is 0.341. The molecule has 0 aliphatic rings. The summed E-state index contributed by atoms with van der Waals surface area (Å²) in [7, 11) is 1.78. The zero-order chi connectivity index (χ0) is 23.3. The van der Waals surface area contributed by atoms with Crippen LogP contribution in [0.3, 0.4) is 0 Å². The summed E-state index contributed by atoms with van der Waals surface area (Å²) in [4.78, 5) is 27.5. The number of benzene rings is 1. The van der Waals surface area contributed by atoms with Gasteiger partial charge in [0.1, 0.15) is 17.1 Å². The van der Waals surface area contributed by atoms with E-state index in [0.29, 0.717) is 35.8 Å². The van der Waals surface area contributed by atoms with Gasteiger partial charge in [0.15, 0.2) is 10.7 Å². The van der Waals surface area contributed by atoms with Crippen LogP contribution in [0.1, 0.15) is 39.8 Å². The standard InChI is InChI=1S/C23H32N6O2S/c1-7-11-17-19-20(28(5)27-17)22(30)26-21(25-19)16-14-15(12-13-18(16)31-10-4)29(9-3)23(32-6)24-8-2/h12-14H,7-11H2,1-6H3,(H,25,26,30). The molecular formula is C23H32N6O2S. The lowest BCUT2D eigenvalue weighted by Crippen LogP contribution is -2.28. The Morgan fingerprint density at radius 2 is 2.06 bits per heavy atom. The smallest absolute Gasteiger partial charge is 0.277 e. The van der Waals surface area contributed by atoms with Gasteiger partial charge in [0.25, 0.3) is 5.56 Å². The normalized spacial score (nSPS) is 11.9. The Hall–Kier alpha value is -2.81. The molecule has 2 heterocycles. The number of nitrogens with zero attached hydrogens (tertiary/aromatic N) is 5. The van der Waals surface area contributed by atoms with Crippen LogP contribution >= 0.6 is 11.8 Å². The number of rotatable bonds is 8. The maximum Gasteiger partial charge on any atom is 0.277 e. The highest BCUT2D eigenvalue weighted by atomic mass is 32.2. The topological polar surface area (TPSA) is 88.4 Å². The first kappa shape index (κ1) is 23.8. The average Bonchev–Trinajstić information content (AvgIpc) is 3.10. The zero-order valence-corrected chi connectivity index (χ0v) is 20.5. The number of anilines is 1. The number of aryl methyl sites for hydroxylation is 2. The molecule has 0 saturated carbocycles. The summed E-state index contributed by atoms with van der Waals surface area (Å²) in [5.74, 6) is 1.15. The molecule has 0 amide bonds. The van der Waals surface area contributed by atoms with Gasteiger partial charge >= 0.3 is 0 Å². The summed E-state index contributed by atoms with van der Waals surface area (Å²) in [6.45, 7) is 10.1. The van der Waals surface area contributed by atoms with Crippen molar-refractivity contribution in [3.8, 4) is 17.1 Å². The van der Waals surface area contributed by atoms with E-state index in [-0.39, 0.29) is 5.56 Å². The van der Waals surface area contributed by atoms with Crippen LogP contribution in [0.25, 0.3) is 22.4 Å². The van der Waals surface area contributed by atoms with Gasteiger partial charge in [-0.2, -0.15) is 5.10 Å². The number of aromatic nitrogens is 4. The van der Waals surface area contributed by atoms with Crippen molar-refractivity contribution in [2.24, 2.45) is 12.0 Å². The monoisotopic (exact) mass is 456 g/mol. The number of thioether (sulfide) groups is 1. The van der Waals surface area contributed by atoms with Gasteiger partial charge in [0.2, 0.25) is 0 Å². The lowest BCUT2D eigenvalue weighted by Gasteiger charge is -2.24. The highest BCUT2D eigenvalue weighted by Crippen LogP contribution is 2.33. The van der Waals surface area contributed by atoms with Gasteiger partial charge in [0, 0.05) is 25.8 Å². The molecule has 0 saturated heterocycles. The Balaban J connectivity index is 2.22. The summed E-state index contributed by atoms with van der Waals surface area (Å²) in [5, 5.41) is 5.47. The molecule has 2 aromatic heterocycles. The highest BCUT2D eigenvalue weighted by molar-refractivity contribution is 8.13. The Labute approximate surface area is 193 Å². The van der Waals surface area contributed by atoms with Crippen LogP contribution in [0.5, 0.6) is 5.75 Å². The van der Waals surface area contributed by atoms with Crippen molar-refractivity contribution in [2.45, 2.75) is 40.5 Å². The number of aromatic amines is 1. The molecule has 8 nitrogen and oxygen atoms in total. The first-order valence-electron chi connectivity index (χ1n) is 11.1. The summed E-state index contributed by atoms with van der Waals surface area (Å²) in [5.41, 5.74) is 3.47. The van der Waals surface area contributed by atoms with Crippen molar-refractivity contribution in [3.05, 3.63) is 34.2 Å². The van der Waals surface area contributed by atoms with Gasteiger partial charge in [-0.05, 0) is 51.6 Å². The second kappa shape index (κ2) is 10.7. The maximum atomic E-state index is 13.0. The van der Waals surface area contributed by atoms with Crippen LogP contribution in [0, 0.1) is 0 Å². The van der Waals surface area contributed by atoms with Crippen molar-refractivity contribution < 1.29 is 4.74 Å². The van der Waals surface area contributed by atoms with E-state index in [1.165, 1.54) is 0 Å². The molecule has 0 bridgehead atoms. The minimum absolute atomic E-state index is 0.208. The quantitative estimate of drug-likeness (QED) is 0.403. The molecule has 0 radical (unpaired) electrons. The Morgan fingerprint density at radius 3 is 2.69 bits per heavy atom. The van der Waals surface area contributed by atoms with Crippen molar-refractivity contribution in [1.82, 2.24) is 19.7 Å². The third-order valence-corrected chi connectivity index (χ3v) is 5.82. The van der Waals surface area contributed by atoms with Crippen LogP contribution in [0.15, 0.2) is 28.0 Å². The lowest BCUT2D eigenvalue weighted by atomic mass is 10.1. The first-order chi connectivity index (χ1) is 15.5. The van der Waals surface area contributed by atoms with Crippen LogP contribution in [0.2, 0.25) is 0 Å². The molecule has 3 rings (SSSR count). The molecule has 1 aromatic carbocycles. The second-order valence-corrected chi connectivity index (χ2v) is 8.02. The molecule has 1 N–H and O–H groups in total. The minimum atomic E-state index is -0.208. The van der Waals surface area contributed by atoms with E-state index >= 15 is 0 Å². The van der Waals surface area contributed by atoms with Crippen LogP contribution in [-0.2, 0) is 13.5 Å². The van der Waals surface area contributed by atoms with Crippen molar-refractivity contribution in [3.63, 3.8) is 0 Å². The number of fused-ring (bicyclic) bond motifs is 1. The van der Waals surface area contributed by atoms with E-state index in [2.05, 4.69) is 33.8 Å². The van der Waals surface area contributed by atoms with Gasteiger partial charge in [-0.3, -0.25) is 14.5 Å². The molecule has 32 heavy (non-hydrogen) atoms. The SMILES string of the molecule is CCCc1nn(C)c2c(=O)[nH]c(-c3cc(N(CC)C(=NCC)SC)ccc3OCC)nc12. The van der Waals surface area contributed by atoms with Crippen molar-refractivity contribution >= 4 is 33.7 Å². The molecule has 3 aromatic rings. The van der Waals surface area contributed by atoms with Crippen molar-refractivity contribution in [2.75, 3.05) is 30.9 Å². The van der Waals surface area contributed by atoms with Gasteiger partial charge in [-0.1, -0.05) is 25.1 Å². The largest absolute Gasteiger partial charge is 0.493 e. The van der Waals surface area contributed by atoms with Crippen LogP contribution in [-0.4, -0.2) is 50.9 Å². The van der Waals surface area contributed by atoms with Gasteiger partial charge < -0.3 is 14.6 Å². The summed E-state index contributed by atoms with van der Waals surface area (Å²) >= 11 is 1.61. The number of amidine groups is 1. The Bertz CT molecular complexity index is 1170. The first-order valence-corrected chi connectivity index (χ1v) is 12.3. The second-order valence-electron chi connectivity index (χ2n) is 7.25. The predicted octanol–water partition coefficient (Wildman–Crippen LogP) is 4.24. The number of hydrogen-bond donors (Lipinski definition) is 1. The maximum absolute atomic E-state index is 13.0. The molecule has 0 atom stereocenters. The average molecular weight is 457 g/mol. The number of ether oxygens (including phenoxy) is 1.